The highest BCUT2D eigenvalue weighted by Gasteiger charge is 2.33. The molecule has 0 spiro atoms. The van der Waals surface area contributed by atoms with Crippen LogP contribution in [0.15, 0.2) is 54.9 Å². The van der Waals surface area contributed by atoms with Gasteiger partial charge in [-0.2, -0.15) is 5.10 Å². The number of carbonyl (C=O) groups is 3. The van der Waals surface area contributed by atoms with Gasteiger partial charge in [0.2, 0.25) is 11.8 Å². The molecule has 0 aliphatic carbocycles. The SMILES string of the molecule is Cc1ccc2cc1Oc1cccc(c1)CO[C@@H]1CCN(C(=O)CCc3cnn(C)c3)C[C@@H]1NC(=O)CN(C)C2=O. The number of piperidine rings is 1. The Bertz CT molecular complexity index is 1400. The molecule has 1 N–H and O–H groups in total. The summed E-state index contributed by atoms with van der Waals surface area (Å²) in [6.07, 6.45) is 4.93. The van der Waals surface area contributed by atoms with E-state index < -0.39 is 6.04 Å². The number of likely N-dealkylation sites (N-methyl/N-ethyl adjacent to an activating group) is 1. The Morgan fingerprint density at radius 1 is 1.15 bits per heavy atom. The van der Waals surface area contributed by atoms with E-state index in [2.05, 4.69) is 10.4 Å². The molecule has 40 heavy (non-hydrogen) atoms. The number of likely N-dealkylation sites (tertiary alicyclic amines) is 1. The van der Waals surface area contributed by atoms with Gasteiger partial charge in [0.05, 0.1) is 31.5 Å². The van der Waals surface area contributed by atoms with Gasteiger partial charge in [0.25, 0.3) is 5.91 Å². The van der Waals surface area contributed by atoms with Crippen LogP contribution in [0.3, 0.4) is 0 Å². The Kier molecular flexibility index (Phi) is 8.16. The fraction of sp³-hybridized carbons (Fsp3) is 0.400. The predicted molar refractivity (Wildman–Crippen MR) is 148 cm³/mol. The maximum absolute atomic E-state index is 13.2. The maximum Gasteiger partial charge on any atom is 0.254 e. The van der Waals surface area contributed by atoms with Crippen molar-refractivity contribution in [3.8, 4) is 11.5 Å². The van der Waals surface area contributed by atoms with Gasteiger partial charge in [-0.25, -0.2) is 0 Å². The van der Waals surface area contributed by atoms with E-state index in [1.807, 2.05) is 50.5 Å². The normalized spacial score (nSPS) is 20.0. The second-order valence-corrected chi connectivity index (χ2v) is 10.6. The molecule has 5 rings (SSSR count). The second-order valence-electron chi connectivity index (χ2n) is 10.6. The standard InChI is InChI=1S/C30H35N5O5/c1-20-7-9-23-14-27(20)40-24-6-4-5-21(13-24)19-39-26-11-12-35(29(37)10-8-22-15-31-34(3)16-22)17-25(26)32-28(36)18-33(2)30(23)38/h4-7,9,13-16,25-26H,8,10-12,17-19H2,1-3H3,(H,32,36)/t25-,26+/m0/s1. The van der Waals surface area contributed by atoms with Crippen molar-refractivity contribution in [2.45, 2.75) is 44.9 Å². The summed E-state index contributed by atoms with van der Waals surface area (Å²) in [4.78, 5) is 42.5. The Morgan fingerprint density at radius 3 is 2.80 bits per heavy atom. The van der Waals surface area contributed by atoms with Crippen molar-refractivity contribution in [1.82, 2.24) is 24.9 Å². The second kappa shape index (κ2) is 11.9. The largest absolute Gasteiger partial charge is 0.457 e. The lowest BCUT2D eigenvalue weighted by molar-refractivity contribution is -0.137. The highest BCUT2D eigenvalue weighted by atomic mass is 16.5. The van der Waals surface area contributed by atoms with Gasteiger partial charge in [0, 0.05) is 45.4 Å². The molecule has 210 valence electrons. The van der Waals surface area contributed by atoms with E-state index in [9.17, 15) is 14.4 Å². The molecule has 1 aromatic heterocycles. The highest BCUT2D eigenvalue weighted by Crippen LogP contribution is 2.28. The number of rotatable bonds is 3. The number of hydrogen-bond acceptors (Lipinski definition) is 6. The number of carbonyl (C=O) groups excluding carboxylic acids is 3. The van der Waals surface area contributed by atoms with Crippen LogP contribution in [0.5, 0.6) is 11.5 Å². The lowest BCUT2D eigenvalue weighted by atomic mass is 10.0. The molecule has 0 radical (unpaired) electrons. The van der Waals surface area contributed by atoms with Gasteiger partial charge >= 0.3 is 0 Å². The van der Waals surface area contributed by atoms with Gasteiger partial charge < -0.3 is 24.6 Å². The topological polar surface area (TPSA) is 106 Å². The van der Waals surface area contributed by atoms with Gasteiger partial charge in [-0.1, -0.05) is 18.2 Å². The number of aromatic nitrogens is 2. The lowest BCUT2D eigenvalue weighted by Crippen LogP contribution is -2.58. The van der Waals surface area contributed by atoms with Crippen LogP contribution in [-0.4, -0.2) is 76.1 Å². The van der Waals surface area contributed by atoms with Crippen LogP contribution in [0.2, 0.25) is 0 Å². The van der Waals surface area contributed by atoms with E-state index in [1.165, 1.54) is 4.90 Å². The summed E-state index contributed by atoms with van der Waals surface area (Å²) in [7, 11) is 3.44. The number of aryl methyl sites for hydroxylation is 3. The molecule has 2 aliphatic heterocycles. The van der Waals surface area contributed by atoms with Crippen LogP contribution >= 0.6 is 0 Å². The zero-order chi connectivity index (χ0) is 28.2. The van der Waals surface area contributed by atoms with Crippen LogP contribution in [0.1, 0.15) is 39.9 Å². The van der Waals surface area contributed by atoms with Crippen LogP contribution in [0.4, 0.5) is 0 Å². The van der Waals surface area contributed by atoms with E-state index >= 15 is 0 Å². The van der Waals surface area contributed by atoms with E-state index in [0.29, 0.717) is 56.0 Å². The van der Waals surface area contributed by atoms with E-state index in [0.717, 1.165) is 16.7 Å². The maximum atomic E-state index is 13.2. The van der Waals surface area contributed by atoms with Crippen LogP contribution < -0.4 is 10.1 Å². The molecular weight excluding hydrogens is 510 g/mol. The molecule has 0 saturated carbocycles. The molecule has 2 atom stereocenters. The molecule has 2 aromatic carbocycles. The van der Waals surface area contributed by atoms with E-state index in [4.69, 9.17) is 9.47 Å². The van der Waals surface area contributed by atoms with Gasteiger partial charge in [0.15, 0.2) is 0 Å². The summed E-state index contributed by atoms with van der Waals surface area (Å²) >= 11 is 0. The highest BCUT2D eigenvalue weighted by molar-refractivity contribution is 5.96. The van der Waals surface area contributed by atoms with Crippen molar-refractivity contribution in [3.05, 3.63) is 77.1 Å². The van der Waals surface area contributed by atoms with Crippen LogP contribution in [0.25, 0.3) is 0 Å². The number of fused-ring (bicyclic) bond motifs is 5. The fourth-order valence-electron chi connectivity index (χ4n) is 5.14. The molecule has 3 amide bonds. The average molecular weight is 546 g/mol. The zero-order valence-electron chi connectivity index (χ0n) is 23.1. The third-order valence-electron chi connectivity index (χ3n) is 7.39. The van der Waals surface area contributed by atoms with Crippen molar-refractivity contribution in [3.63, 3.8) is 0 Å². The number of nitrogens with zero attached hydrogens (tertiary/aromatic N) is 4. The van der Waals surface area contributed by atoms with Crippen molar-refractivity contribution in [2.75, 3.05) is 26.7 Å². The molecule has 3 aromatic rings. The van der Waals surface area contributed by atoms with Gasteiger partial charge in [-0.05, 0) is 60.7 Å². The minimum Gasteiger partial charge on any atom is -0.457 e. The molecule has 10 nitrogen and oxygen atoms in total. The summed E-state index contributed by atoms with van der Waals surface area (Å²) in [6, 6.07) is 12.5. The monoisotopic (exact) mass is 545 g/mol. The predicted octanol–water partition coefficient (Wildman–Crippen LogP) is 2.84. The zero-order valence-corrected chi connectivity index (χ0v) is 23.1. The number of nitrogens with one attached hydrogen (secondary N) is 1. The van der Waals surface area contributed by atoms with Crippen molar-refractivity contribution >= 4 is 17.7 Å². The first kappa shape index (κ1) is 27.4. The molecular formula is C30H35N5O5. The first-order chi connectivity index (χ1) is 19.2. The summed E-state index contributed by atoms with van der Waals surface area (Å²) in [5, 5.41) is 7.21. The van der Waals surface area contributed by atoms with Gasteiger partial charge in [-0.3, -0.25) is 19.1 Å². The molecule has 1 fully saturated rings. The molecule has 10 heteroatoms. The molecule has 2 aliphatic rings. The Morgan fingerprint density at radius 2 is 2.00 bits per heavy atom. The lowest BCUT2D eigenvalue weighted by Gasteiger charge is -2.39. The number of benzene rings is 2. The first-order valence-corrected chi connectivity index (χ1v) is 13.5. The summed E-state index contributed by atoms with van der Waals surface area (Å²) in [5.74, 6) is 0.653. The van der Waals surface area contributed by atoms with Crippen molar-refractivity contribution < 1.29 is 23.9 Å². The van der Waals surface area contributed by atoms with Gasteiger partial charge in [0.1, 0.15) is 11.5 Å². The quantitative estimate of drug-likeness (QED) is 0.543. The van der Waals surface area contributed by atoms with Crippen LogP contribution in [-0.2, 0) is 34.4 Å². The van der Waals surface area contributed by atoms with Crippen LogP contribution in [0, 0.1) is 6.92 Å². The van der Waals surface area contributed by atoms with Crippen molar-refractivity contribution in [1.29, 1.82) is 0 Å². The summed E-state index contributed by atoms with van der Waals surface area (Å²) in [5.41, 5.74) is 3.26. The van der Waals surface area contributed by atoms with E-state index in [-0.39, 0.29) is 30.4 Å². The molecule has 4 bridgehead atoms. The Hall–Kier alpha value is -4.18. The molecule has 1 saturated heterocycles. The molecule has 3 heterocycles. The third kappa shape index (κ3) is 6.51. The third-order valence-corrected chi connectivity index (χ3v) is 7.39. The number of hydrogen-bond donors (Lipinski definition) is 1. The van der Waals surface area contributed by atoms with Gasteiger partial charge in [-0.15, -0.1) is 0 Å². The van der Waals surface area contributed by atoms with Crippen molar-refractivity contribution in [2.24, 2.45) is 7.05 Å². The molecule has 0 unspecified atom stereocenters. The fourth-order valence-corrected chi connectivity index (χ4v) is 5.14. The van der Waals surface area contributed by atoms with E-state index in [1.54, 1.807) is 35.0 Å². The average Bonchev–Trinajstić information content (AvgIpc) is 3.36. The minimum atomic E-state index is -0.412. The summed E-state index contributed by atoms with van der Waals surface area (Å²) in [6.45, 7) is 3.01. The first-order valence-electron chi connectivity index (χ1n) is 13.5. The minimum absolute atomic E-state index is 0.0241. The number of ether oxygens (including phenoxy) is 2. The summed E-state index contributed by atoms with van der Waals surface area (Å²) < 4.78 is 14.2. The smallest absolute Gasteiger partial charge is 0.254 e. The Balaban J connectivity index is 1.34. The number of amides is 3. The Labute approximate surface area is 233 Å².